The first kappa shape index (κ1) is 54.5. The molecule has 0 rings (SSSR count). The largest absolute Gasteiger partial charge is 0.544 e. The maximum atomic E-state index is 15.0. The second-order valence-corrected chi connectivity index (χ2v) is 12.8. The molecule has 0 aliphatic rings. The quantitative estimate of drug-likeness (QED) is 0.0903. The summed E-state index contributed by atoms with van der Waals surface area (Å²) in [4.78, 5) is 0. The summed E-state index contributed by atoms with van der Waals surface area (Å²) in [6.07, 6.45) is -35.0. The van der Waals surface area contributed by atoms with E-state index < -0.39 is 110 Å². The summed E-state index contributed by atoms with van der Waals surface area (Å²) in [7, 11) is -13.1. The molecule has 0 spiro atoms. The fraction of sp³-hybridized carbons (Fsp3) is 1.00. The van der Waals surface area contributed by atoms with Crippen molar-refractivity contribution in [3.63, 3.8) is 0 Å². The van der Waals surface area contributed by atoms with Gasteiger partial charge >= 0.3 is 110 Å². The predicted octanol–water partition coefficient (Wildman–Crippen LogP) is 12.0. The number of halogens is 38. The zero-order valence-electron chi connectivity index (χ0n) is 23.8. The minimum Gasteiger partial charge on any atom is -0.317 e. The van der Waals surface area contributed by atoms with Crippen LogP contribution in [0.15, 0.2) is 0 Å². The molecule has 0 saturated heterocycles. The van der Waals surface area contributed by atoms with Gasteiger partial charge in [-0.25, -0.2) is 0 Å². The van der Waals surface area contributed by atoms with Gasteiger partial charge in [0.2, 0.25) is 0 Å². The van der Waals surface area contributed by atoms with Crippen molar-refractivity contribution < 1.29 is 171 Å². The highest BCUT2D eigenvalue weighted by Gasteiger charge is 3.04. The van der Waals surface area contributed by atoms with Crippen LogP contribution in [0, 0.1) is 0 Å². The van der Waals surface area contributed by atoms with Crippen LogP contribution in [-0.2, 0) is 4.43 Å². The highest BCUT2D eigenvalue weighted by molar-refractivity contribution is 6.72. The Balaban J connectivity index is 8.61. The third-order valence-electron chi connectivity index (χ3n) is 6.46. The molecule has 0 aromatic rings. The van der Waals surface area contributed by atoms with Gasteiger partial charge in [-0.15, -0.1) is 0 Å². The molecule has 0 fully saturated rings. The van der Waals surface area contributed by atoms with E-state index in [1.165, 1.54) is 0 Å². The average Bonchev–Trinajstić information content (AvgIpc) is 2.93. The van der Waals surface area contributed by atoms with Gasteiger partial charge in [-0.1, -0.05) is 0 Å². The lowest BCUT2D eigenvalue weighted by atomic mass is 9.91. The third kappa shape index (κ3) is 6.53. The van der Waals surface area contributed by atoms with Gasteiger partial charge in [-0.05, 0) is 0 Å². The SMILES string of the molecule is FC(F)(F)C(F)(F)O[Si](F)(C(F)(F)C(F)(F)C(F)(F)C(F)(F)C(F)(F)C(F)(F)C(F)(F)F)C(F)(F)C(F)(F)C(F)(F)C(F)(F)C(F)(F)C(F)(F)C(F)(F)C(F)(F)F. The first-order chi connectivity index (χ1) is 23.7. The van der Waals surface area contributed by atoms with Gasteiger partial charge in [-0.2, -0.15) is 162 Å². The molecule has 0 aliphatic heterocycles. The smallest absolute Gasteiger partial charge is 0.317 e. The molecule has 1 nitrogen and oxygen atoms in total. The number of alkyl halides is 37. The molecular formula is C17F38OSi. The van der Waals surface area contributed by atoms with Gasteiger partial charge in [0.05, 0.1) is 0 Å². The van der Waals surface area contributed by atoms with Gasteiger partial charge < -0.3 is 4.43 Å². The minimum absolute atomic E-state index is 0.444. The van der Waals surface area contributed by atoms with Crippen LogP contribution in [0.3, 0.4) is 0 Å². The van der Waals surface area contributed by atoms with Crippen molar-refractivity contribution in [2.45, 2.75) is 101 Å². The molecule has 40 heteroatoms. The summed E-state index contributed by atoms with van der Waals surface area (Å²) in [5, 5.41) is 0. The Morgan fingerprint density at radius 3 is 0.526 bits per heavy atom. The summed E-state index contributed by atoms with van der Waals surface area (Å²) in [5.41, 5.74) is -21.4. The van der Waals surface area contributed by atoms with Gasteiger partial charge in [0.1, 0.15) is 0 Å². The summed E-state index contributed by atoms with van der Waals surface area (Å²) in [5.74, 6) is -110. The van der Waals surface area contributed by atoms with Crippen LogP contribution in [0.4, 0.5) is 167 Å². The third-order valence-corrected chi connectivity index (χ3v) is 9.24. The normalized spacial score (nSPS) is 18.2. The van der Waals surface area contributed by atoms with E-state index in [-0.39, 0.29) is 0 Å². The number of hydrogen-bond donors (Lipinski definition) is 0. The van der Waals surface area contributed by atoms with Crippen molar-refractivity contribution in [3.05, 3.63) is 0 Å². The van der Waals surface area contributed by atoms with Crippen LogP contribution >= 0.6 is 0 Å². The van der Waals surface area contributed by atoms with Gasteiger partial charge in [0.25, 0.3) is 0 Å². The summed E-state index contributed by atoms with van der Waals surface area (Å²) in [6.45, 7) is 0. The average molecular weight is 970 g/mol. The van der Waals surface area contributed by atoms with Gasteiger partial charge in [-0.3, -0.25) is 4.11 Å². The maximum absolute atomic E-state index is 15.0. The Bertz CT molecular complexity index is 1450. The van der Waals surface area contributed by atoms with Crippen LogP contribution in [0.2, 0.25) is 0 Å². The fourth-order valence-electron chi connectivity index (χ4n) is 3.09. The molecule has 0 saturated carbocycles. The van der Waals surface area contributed by atoms with Crippen molar-refractivity contribution in [3.8, 4) is 0 Å². The molecular weight excluding hydrogens is 970 g/mol. The lowest BCUT2D eigenvalue weighted by Crippen LogP contribution is -2.84. The van der Waals surface area contributed by atoms with E-state index in [9.17, 15) is 167 Å². The molecule has 0 aromatic heterocycles. The van der Waals surface area contributed by atoms with Crippen LogP contribution in [-0.4, -0.2) is 110 Å². The lowest BCUT2D eigenvalue weighted by Gasteiger charge is -2.48. The molecule has 57 heavy (non-hydrogen) atoms. The first-order valence-electron chi connectivity index (χ1n) is 11.6. The van der Waals surface area contributed by atoms with E-state index in [1.54, 1.807) is 0 Å². The molecule has 1 unspecified atom stereocenters. The maximum Gasteiger partial charge on any atom is 0.544 e. The minimum atomic E-state index is -13.1. The second-order valence-electron chi connectivity index (χ2n) is 10.2. The molecule has 344 valence electrons. The van der Waals surface area contributed by atoms with E-state index >= 15 is 0 Å². The van der Waals surface area contributed by atoms with Crippen LogP contribution < -0.4 is 0 Å². The second kappa shape index (κ2) is 13.0. The topological polar surface area (TPSA) is 9.23 Å². The lowest BCUT2D eigenvalue weighted by molar-refractivity contribution is -0.461. The highest BCUT2D eigenvalue weighted by atomic mass is 28.4. The Labute approximate surface area is 282 Å². The Morgan fingerprint density at radius 2 is 0.368 bits per heavy atom. The van der Waals surface area contributed by atoms with E-state index in [0.29, 0.717) is 4.43 Å². The summed E-state index contributed by atoms with van der Waals surface area (Å²) < 4.78 is 509. The van der Waals surface area contributed by atoms with Crippen molar-refractivity contribution in [1.82, 2.24) is 0 Å². The van der Waals surface area contributed by atoms with E-state index in [0.717, 1.165) is 0 Å². The molecule has 0 N–H and O–H groups in total. The van der Waals surface area contributed by atoms with Crippen molar-refractivity contribution in [1.29, 1.82) is 0 Å². The van der Waals surface area contributed by atoms with E-state index in [2.05, 4.69) is 0 Å². The summed E-state index contributed by atoms with van der Waals surface area (Å²) in [6, 6.07) is 0. The standard InChI is InChI=1S/C17F38OSi/c18-1(19,4(24,25)8(32,33)12(40,41)42)2(20,21)6(28,29)10(36,37)16(51,52)57(55,56-15(49,50)14(46,47)48)17(53,54)11(38,39)7(30,31)3(22,23)5(26,27)9(34,35)13(43,44)45. The molecule has 0 bridgehead atoms. The molecule has 1 atom stereocenters. The zero-order valence-corrected chi connectivity index (χ0v) is 24.8. The van der Waals surface area contributed by atoms with Crippen LogP contribution in [0.1, 0.15) is 0 Å². The van der Waals surface area contributed by atoms with Crippen molar-refractivity contribution in [2.75, 3.05) is 0 Å². The van der Waals surface area contributed by atoms with Gasteiger partial charge in [0, 0.05) is 0 Å². The Morgan fingerprint density at radius 1 is 0.211 bits per heavy atom. The Hall–Kier alpha value is -2.48. The van der Waals surface area contributed by atoms with Crippen LogP contribution in [0.5, 0.6) is 0 Å². The summed E-state index contributed by atoms with van der Waals surface area (Å²) >= 11 is 0. The van der Waals surface area contributed by atoms with Gasteiger partial charge in [0.15, 0.2) is 0 Å². The Kier molecular flexibility index (Phi) is 12.4. The monoisotopic (exact) mass is 970 g/mol. The van der Waals surface area contributed by atoms with Crippen LogP contribution in [0.25, 0.3) is 0 Å². The molecule has 0 aromatic carbocycles. The zero-order chi connectivity index (χ0) is 47.7. The van der Waals surface area contributed by atoms with Crippen molar-refractivity contribution >= 4 is 8.65 Å². The van der Waals surface area contributed by atoms with Crippen molar-refractivity contribution in [2.24, 2.45) is 0 Å². The van der Waals surface area contributed by atoms with E-state index in [4.69, 9.17) is 0 Å². The fourth-order valence-corrected chi connectivity index (χ4v) is 5.34. The number of hydrogen-bond acceptors (Lipinski definition) is 1. The molecule has 0 radical (unpaired) electrons. The number of rotatable bonds is 15. The first-order valence-corrected chi connectivity index (χ1v) is 13.4. The molecule has 0 amide bonds. The highest BCUT2D eigenvalue weighted by Crippen LogP contribution is 2.69. The molecule has 0 aliphatic carbocycles. The predicted molar refractivity (Wildman–Crippen MR) is 95.4 cm³/mol. The van der Waals surface area contributed by atoms with E-state index in [1.807, 2.05) is 0 Å². The molecule has 0 heterocycles.